The van der Waals surface area contributed by atoms with Crippen LogP contribution in [0.25, 0.3) is 22.2 Å². The van der Waals surface area contributed by atoms with Gasteiger partial charge in [-0.1, -0.05) is 39.0 Å². The Morgan fingerprint density at radius 3 is 2.39 bits per heavy atom. The maximum absolute atomic E-state index is 5.59. The summed E-state index contributed by atoms with van der Waals surface area (Å²) in [6.45, 7) is 6.70. The highest BCUT2D eigenvalue weighted by molar-refractivity contribution is 14.1. The van der Waals surface area contributed by atoms with Gasteiger partial charge >= 0.3 is 0 Å². The van der Waals surface area contributed by atoms with E-state index in [-0.39, 0.29) is 5.41 Å². The van der Waals surface area contributed by atoms with E-state index in [0.29, 0.717) is 0 Å². The zero-order valence-corrected chi connectivity index (χ0v) is 16.1. The highest BCUT2D eigenvalue weighted by atomic mass is 127. The van der Waals surface area contributed by atoms with Crippen LogP contribution in [0.15, 0.2) is 54.6 Å². The van der Waals surface area contributed by atoms with Crippen molar-refractivity contribution in [3.8, 4) is 17.0 Å². The van der Waals surface area contributed by atoms with Gasteiger partial charge in [-0.05, 0) is 35.2 Å². The molecule has 0 aliphatic heterocycles. The largest absolute Gasteiger partial charge is 0.427 e. The standard InChI is InChI=1S/C20H21INO/c1-20(2,3)15-10-12-19(23-21)16(13-15)18-11-9-14-7-5-6-8-17(14)22(18)4/h5-13H,1-4H3/q+1. The highest BCUT2D eigenvalue weighted by Gasteiger charge is 2.21. The summed E-state index contributed by atoms with van der Waals surface area (Å²) in [7, 11) is 2.11. The molecule has 0 bridgehead atoms. The third kappa shape index (κ3) is 3.07. The summed E-state index contributed by atoms with van der Waals surface area (Å²) in [6.07, 6.45) is 0. The summed E-state index contributed by atoms with van der Waals surface area (Å²) in [4.78, 5) is 0. The second-order valence-electron chi connectivity index (χ2n) is 6.87. The second kappa shape index (κ2) is 6.11. The molecule has 2 aromatic carbocycles. The quantitative estimate of drug-likeness (QED) is 0.404. The number of nitrogens with zero attached hydrogens (tertiary/aromatic N) is 1. The fourth-order valence-corrected chi connectivity index (χ4v) is 3.26. The Labute approximate surface area is 151 Å². The molecule has 0 saturated carbocycles. The van der Waals surface area contributed by atoms with Gasteiger partial charge in [0.15, 0.2) is 23.0 Å². The molecule has 23 heavy (non-hydrogen) atoms. The van der Waals surface area contributed by atoms with E-state index < -0.39 is 0 Å². The van der Waals surface area contributed by atoms with E-state index in [1.807, 2.05) is 23.0 Å². The van der Waals surface area contributed by atoms with Crippen LogP contribution in [0.4, 0.5) is 0 Å². The van der Waals surface area contributed by atoms with Gasteiger partial charge in [0.25, 0.3) is 0 Å². The van der Waals surface area contributed by atoms with Crippen molar-refractivity contribution in [1.82, 2.24) is 0 Å². The fraction of sp³-hybridized carbons (Fsp3) is 0.250. The first-order chi connectivity index (χ1) is 10.9. The van der Waals surface area contributed by atoms with Crippen molar-refractivity contribution in [2.45, 2.75) is 26.2 Å². The lowest BCUT2D eigenvalue weighted by Gasteiger charge is -2.20. The van der Waals surface area contributed by atoms with Gasteiger partial charge in [0.05, 0.1) is 5.56 Å². The van der Waals surface area contributed by atoms with Crippen molar-refractivity contribution >= 4 is 33.9 Å². The van der Waals surface area contributed by atoms with Gasteiger partial charge in [-0.2, -0.15) is 4.57 Å². The summed E-state index contributed by atoms with van der Waals surface area (Å²) in [6, 6.07) is 19.2. The Kier molecular flexibility index (Phi) is 4.32. The number of para-hydroxylation sites is 1. The van der Waals surface area contributed by atoms with Crippen LogP contribution in [0, 0.1) is 0 Å². The van der Waals surface area contributed by atoms with Crippen LogP contribution in [-0.4, -0.2) is 0 Å². The minimum absolute atomic E-state index is 0.105. The third-order valence-electron chi connectivity index (χ3n) is 4.28. The van der Waals surface area contributed by atoms with E-state index in [2.05, 4.69) is 87.0 Å². The van der Waals surface area contributed by atoms with Gasteiger partial charge < -0.3 is 3.07 Å². The molecular formula is C20H21INO+. The Bertz CT molecular complexity index is 865. The molecule has 0 aliphatic carbocycles. The number of rotatable bonds is 2. The van der Waals surface area contributed by atoms with Gasteiger partial charge in [-0.3, -0.25) is 0 Å². The average molecular weight is 418 g/mol. The number of aryl methyl sites for hydroxylation is 1. The molecule has 1 aromatic heterocycles. The number of halogens is 1. The highest BCUT2D eigenvalue weighted by Crippen LogP contribution is 2.34. The molecule has 3 heteroatoms. The third-order valence-corrected chi connectivity index (χ3v) is 4.76. The molecule has 0 radical (unpaired) electrons. The maximum atomic E-state index is 5.59. The lowest BCUT2D eigenvalue weighted by molar-refractivity contribution is -0.633. The van der Waals surface area contributed by atoms with Crippen molar-refractivity contribution in [3.63, 3.8) is 0 Å². The van der Waals surface area contributed by atoms with Gasteiger partial charge in [-0.25, -0.2) is 0 Å². The molecule has 0 atom stereocenters. The number of pyridine rings is 1. The molecule has 0 unspecified atom stereocenters. The van der Waals surface area contributed by atoms with Gasteiger partial charge in [0, 0.05) is 17.5 Å². The first kappa shape index (κ1) is 16.2. The summed E-state index contributed by atoms with van der Waals surface area (Å²) in [5.74, 6) is 0.893. The molecule has 3 rings (SSSR count). The zero-order chi connectivity index (χ0) is 16.6. The van der Waals surface area contributed by atoms with Crippen molar-refractivity contribution < 1.29 is 7.63 Å². The molecule has 0 saturated heterocycles. The summed E-state index contributed by atoms with van der Waals surface area (Å²) in [5, 5.41) is 1.24. The van der Waals surface area contributed by atoms with Crippen molar-refractivity contribution in [2.75, 3.05) is 0 Å². The van der Waals surface area contributed by atoms with E-state index in [1.165, 1.54) is 16.5 Å². The molecule has 1 heterocycles. The van der Waals surface area contributed by atoms with Crippen LogP contribution in [0.2, 0.25) is 0 Å². The minimum atomic E-state index is 0.105. The first-order valence-corrected chi connectivity index (χ1v) is 8.61. The molecular weight excluding hydrogens is 397 g/mol. The monoisotopic (exact) mass is 418 g/mol. The van der Waals surface area contributed by atoms with Gasteiger partial charge in [0.1, 0.15) is 12.8 Å². The molecule has 0 amide bonds. The maximum Gasteiger partial charge on any atom is 0.216 e. The zero-order valence-electron chi connectivity index (χ0n) is 13.9. The molecule has 0 spiro atoms. The number of fused-ring (bicyclic) bond motifs is 1. The predicted molar refractivity (Wildman–Crippen MR) is 104 cm³/mol. The van der Waals surface area contributed by atoms with E-state index in [9.17, 15) is 0 Å². The topological polar surface area (TPSA) is 13.1 Å². The number of benzene rings is 2. The predicted octanol–water partition coefficient (Wildman–Crippen LogP) is 5.36. The summed E-state index contributed by atoms with van der Waals surface area (Å²) >= 11 is 1.96. The van der Waals surface area contributed by atoms with Gasteiger partial charge in [-0.15, -0.1) is 0 Å². The van der Waals surface area contributed by atoms with Crippen molar-refractivity contribution in [3.05, 3.63) is 60.2 Å². The van der Waals surface area contributed by atoms with Crippen LogP contribution in [-0.2, 0) is 12.5 Å². The second-order valence-corrected chi connectivity index (χ2v) is 7.31. The number of hydrogen-bond donors (Lipinski definition) is 0. The van der Waals surface area contributed by atoms with Crippen LogP contribution in [0.3, 0.4) is 0 Å². The fourth-order valence-electron chi connectivity index (χ4n) is 2.88. The summed E-state index contributed by atoms with van der Waals surface area (Å²) in [5.41, 5.74) is 4.90. The first-order valence-electron chi connectivity index (χ1n) is 7.73. The average Bonchev–Trinajstić information content (AvgIpc) is 2.54. The number of hydrogen-bond acceptors (Lipinski definition) is 1. The molecule has 3 aromatic rings. The lowest BCUT2D eigenvalue weighted by atomic mass is 9.85. The smallest absolute Gasteiger partial charge is 0.216 e. The SMILES string of the molecule is C[n+]1c(-c2cc(C(C)(C)C)ccc2OI)ccc2ccccc21. The van der Waals surface area contributed by atoms with Gasteiger partial charge in [0.2, 0.25) is 11.2 Å². The van der Waals surface area contributed by atoms with Crippen LogP contribution in [0.5, 0.6) is 5.75 Å². The molecule has 0 aliphatic rings. The molecule has 0 fully saturated rings. The van der Waals surface area contributed by atoms with Crippen LogP contribution < -0.4 is 7.63 Å². The normalized spacial score (nSPS) is 11.7. The van der Waals surface area contributed by atoms with E-state index in [1.54, 1.807) is 0 Å². The number of aromatic nitrogens is 1. The van der Waals surface area contributed by atoms with E-state index >= 15 is 0 Å². The van der Waals surface area contributed by atoms with Crippen LogP contribution >= 0.6 is 23.0 Å². The lowest BCUT2D eigenvalue weighted by Crippen LogP contribution is -2.32. The molecule has 2 nitrogen and oxygen atoms in total. The Balaban J connectivity index is 2.27. The minimum Gasteiger partial charge on any atom is -0.427 e. The van der Waals surface area contributed by atoms with Crippen LogP contribution in [0.1, 0.15) is 26.3 Å². The van der Waals surface area contributed by atoms with E-state index in [4.69, 9.17) is 3.07 Å². The Morgan fingerprint density at radius 2 is 1.70 bits per heavy atom. The summed E-state index contributed by atoms with van der Waals surface area (Å²) < 4.78 is 7.82. The van der Waals surface area contributed by atoms with Crippen molar-refractivity contribution in [1.29, 1.82) is 0 Å². The molecule has 0 N–H and O–H groups in total. The van der Waals surface area contributed by atoms with Crippen molar-refractivity contribution in [2.24, 2.45) is 7.05 Å². The Hall–Kier alpha value is -1.62. The van der Waals surface area contributed by atoms with E-state index in [0.717, 1.165) is 17.0 Å². The Morgan fingerprint density at radius 1 is 0.957 bits per heavy atom. The molecule has 118 valence electrons.